The lowest BCUT2D eigenvalue weighted by atomic mass is 10.0. The molecule has 1 aliphatic rings. The van der Waals surface area contributed by atoms with Crippen molar-refractivity contribution >= 4 is 29.2 Å². The molecule has 5 nitrogen and oxygen atoms in total. The Hall–Kier alpha value is -2.66. The monoisotopic (exact) mass is 385 g/mol. The topological polar surface area (TPSA) is 63.7 Å². The zero-order valence-electron chi connectivity index (χ0n) is 15.6. The third-order valence-corrected chi connectivity index (χ3v) is 5.04. The Balaban J connectivity index is 1.82. The zero-order chi connectivity index (χ0) is 19.9. The highest BCUT2D eigenvalue weighted by Crippen LogP contribution is 2.33. The number of ketones is 1. The molecule has 0 spiro atoms. The largest absolute Gasteiger partial charge is 0.491 e. The van der Waals surface area contributed by atoms with E-state index in [0.29, 0.717) is 33.0 Å². The summed E-state index contributed by atoms with van der Waals surface area (Å²) in [6.07, 6.45) is 0. The Bertz CT molecular complexity index is 932. The first kappa shape index (κ1) is 19.1. The lowest BCUT2D eigenvalue weighted by Crippen LogP contribution is -2.41. The summed E-state index contributed by atoms with van der Waals surface area (Å²) in [6, 6.07) is 7.99. The van der Waals surface area contributed by atoms with Gasteiger partial charge in [0.2, 0.25) is 0 Å². The van der Waals surface area contributed by atoms with Crippen LogP contribution in [0.1, 0.15) is 56.0 Å². The van der Waals surface area contributed by atoms with Crippen molar-refractivity contribution in [2.45, 2.75) is 33.7 Å². The van der Waals surface area contributed by atoms with Crippen molar-refractivity contribution in [3.8, 4) is 5.75 Å². The summed E-state index contributed by atoms with van der Waals surface area (Å²) < 4.78 is 5.93. The number of ether oxygens (including phenoxy) is 1. The van der Waals surface area contributed by atoms with Crippen LogP contribution in [-0.2, 0) is 0 Å². The average Bonchev–Trinajstić information content (AvgIpc) is 2.85. The Kier molecular flexibility index (Phi) is 5.07. The fraction of sp³-hybridized carbons (Fsp3) is 0.286. The molecule has 0 aromatic heterocycles. The van der Waals surface area contributed by atoms with Crippen LogP contribution in [0.15, 0.2) is 30.3 Å². The van der Waals surface area contributed by atoms with Crippen molar-refractivity contribution in [1.82, 2.24) is 4.90 Å². The molecule has 2 aromatic rings. The molecule has 0 N–H and O–H groups in total. The van der Waals surface area contributed by atoms with E-state index >= 15 is 0 Å². The van der Waals surface area contributed by atoms with Gasteiger partial charge in [-0.15, -0.1) is 0 Å². The van der Waals surface area contributed by atoms with Crippen LogP contribution in [0.4, 0.5) is 0 Å². The molecule has 2 amide bonds. The highest BCUT2D eigenvalue weighted by molar-refractivity contribution is 6.34. The van der Waals surface area contributed by atoms with Crippen LogP contribution >= 0.6 is 11.6 Å². The fourth-order valence-corrected chi connectivity index (χ4v) is 3.90. The molecule has 1 heterocycles. The van der Waals surface area contributed by atoms with Crippen molar-refractivity contribution in [3.05, 3.63) is 63.2 Å². The molecule has 0 unspecified atom stereocenters. The summed E-state index contributed by atoms with van der Waals surface area (Å²) in [5, 5.41) is 0.387. The molecular weight excluding hydrogens is 366 g/mol. The van der Waals surface area contributed by atoms with Gasteiger partial charge in [-0.3, -0.25) is 19.3 Å². The number of amides is 2. The van der Waals surface area contributed by atoms with Crippen molar-refractivity contribution in [2.75, 3.05) is 6.61 Å². The molecular formula is C21H20ClNO4. The Morgan fingerprint density at radius 1 is 1.15 bits per heavy atom. The van der Waals surface area contributed by atoms with Gasteiger partial charge in [0.05, 0.1) is 22.2 Å². The van der Waals surface area contributed by atoms with Crippen molar-refractivity contribution in [2.24, 2.45) is 0 Å². The van der Waals surface area contributed by atoms with E-state index in [1.807, 2.05) is 6.92 Å². The summed E-state index contributed by atoms with van der Waals surface area (Å²) >= 11 is 6.18. The van der Waals surface area contributed by atoms with Gasteiger partial charge < -0.3 is 4.74 Å². The van der Waals surface area contributed by atoms with Crippen LogP contribution < -0.4 is 4.74 Å². The summed E-state index contributed by atoms with van der Waals surface area (Å²) in [7, 11) is 0. The molecule has 0 saturated heterocycles. The Morgan fingerprint density at radius 3 is 2.22 bits per heavy atom. The SMILES string of the molecule is CC(=O)c1c(Cl)cc(C)c(OC[C@H](C)N2C(=O)c3ccccc3C2=O)c1C. The fourth-order valence-electron chi connectivity index (χ4n) is 3.46. The maximum atomic E-state index is 12.6. The van der Waals surface area contributed by atoms with Crippen LogP contribution in [0, 0.1) is 13.8 Å². The molecule has 140 valence electrons. The third kappa shape index (κ3) is 3.23. The number of rotatable bonds is 5. The molecule has 0 bridgehead atoms. The number of hydrogen-bond donors (Lipinski definition) is 0. The maximum absolute atomic E-state index is 12.6. The molecule has 6 heteroatoms. The Labute approximate surface area is 162 Å². The molecule has 1 atom stereocenters. The van der Waals surface area contributed by atoms with Crippen LogP contribution in [-0.4, -0.2) is 35.1 Å². The summed E-state index contributed by atoms with van der Waals surface area (Å²) in [4.78, 5) is 38.2. The predicted molar refractivity (Wildman–Crippen MR) is 103 cm³/mol. The molecule has 3 rings (SSSR count). The number of hydrogen-bond acceptors (Lipinski definition) is 4. The summed E-state index contributed by atoms with van der Waals surface area (Å²) in [6.45, 7) is 6.94. The zero-order valence-corrected chi connectivity index (χ0v) is 16.4. The van der Waals surface area contributed by atoms with Gasteiger partial charge in [0.25, 0.3) is 11.8 Å². The van der Waals surface area contributed by atoms with Gasteiger partial charge in [-0.2, -0.15) is 0 Å². The number of carbonyl (C=O) groups is 3. The van der Waals surface area contributed by atoms with E-state index in [2.05, 4.69) is 0 Å². The van der Waals surface area contributed by atoms with E-state index < -0.39 is 6.04 Å². The van der Waals surface area contributed by atoms with Gasteiger partial charge in [-0.25, -0.2) is 0 Å². The number of Topliss-reactive ketones (excluding diaryl/α,β-unsaturated/α-hetero) is 1. The minimum Gasteiger partial charge on any atom is -0.491 e. The minimum absolute atomic E-state index is 0.117. The quantitative estimate of drug-likeness (QED) is 0.571. The van der Waals surface area contributed by atoms with Gasteiger partial charge in [0, 0.05) is 11.1 Å². The first-order valence-electron chi connectivity index (χ1n) is 8.64. The van der Waals surface area contributed by atoms with Crippen molar-refractivity contribution in [3.63, 3.8) is 0 Å². The standard InChI is InChI=1S/C21H20ClNO4/c1-11-9-17(22)18(14(4)24)13(3)19(11)27-10-12(2)23-20(25)15-7-5-6-8-16(15)21(23)26/h5-9,12H,10H2,1-4H3/t12-/m0/s1. The maximum Gasteiger partial charge on any atom is 0.261 e. The number of nitrogens with zero attached hydrogens (tertiary/aromatic N) is 1. The Morgan fingerprint density at radius 2 is 1.70 bits per heavy atom. The van der Waals surface area contributed by atoms with Crippen LogP contribution in [0.3, 0.4) is 0 Å². The minimum atomic E-state index is -0.465. The number of aryl methyl sites for hydroxylation is 1. The van der Waals surface area contributed by atoms with Crippen LogP contribution in [0.5, 0.6) is 5.75 Å². The van der Waals surface area contributed by atoms with Gasteiger partial charge in [-0.1, -0.05) is 23.7 Å². The smallest absolute Gasteiger partial charge is 0.261 e. The van der Waals surface area contributed by atoms with E-state index in [1.165, 1.54) is 11.8 Å². The molecule has 0 aliphatic carbocycles. The third-order valence-electron chi connectivity index (χ3n) is 4.74. The number of carbonyl (C=O) groups excluding carboxylic acids is 3. The van der Waals surface area contributed by atoms with Gasteiger partial charge in [0.15, 0.2) is 5.78 Å². The van der Waals surface area contributed by atoms with Crippen LogP contribution in [0.2, 0.25) is 5.02 Å². The van der Waals surface area contributed by atoms with E-state index in [1.54, 1.807) is 44.2 Å². The van der Waals surface area contributed by atoms with E-state index in [0.717, 1.165) is 5.56 Å². The second kappa shape index (κ2) is 7.16. The first-order valence-corrected chi connectivity index (χ1v) is 9.02. The summed E-state index contributed by atoms with van der Waals surface area (Å²) in [5.41, 5.74) is 2.68. The van der Waals surface area contributed by atoms with E-state index in [4.69, 9.17) is 16.3 Å². The first-order chi connectivity index (χ1) is 12.7. The van der Waals surface area contributed by atoms with Crippen LogP contribution in [0.25, 0.3) is 0 Å². The molecule has 2 aromatic carbocycles. The number of halogens is 1. The van der Waals surface area contributed by atoms with Crippen molar-refractivity contribution < 1.29 is 19.1 Å². The molecule has 0 saturated carbocycles. The normalized spacial score (nSPS) is 14.3. The number of fused-ring (bicyclic) bond motifs is 1. The van der Waals surface area contributed by atoms with Gasteiger partial charge in [-0.05, 0) is 51.5 Å². The lowest BCUT2D eigenvalue weighted by Gasteiger charge is -2.24. The van der Waals surface area contributed by atoms with E-state index in [9.17, 15) is 14.4 Å². The highest BCUT2D eigenvalue weighted by atomic mass is 35.5. The number of imide groups is 1. The second-order valence-electron chi connectivity index (χ2n) is 6.75. The second-order valence-corrected chi connectivity index (χ2v) is 7.15. The average molecular weight is 386 g/mol. The summed E-state index contributed by atoms with van der Waals surface area (Å²) in [5.74, 6) is -0.231. The van der Waals surface area contributed by atoms with Gasteiger partial charge in [0.1, 0.15) is 12.4 Å². The molecule has 27 heavy (non-hydrogen) atoms. The predicted octanol–water partition coefficient (Wildman–Crippen LogP) is 4.22. The van der Waals surface area contributed by atoms with Gasteiger partial charge >= 0.3 is 0 Å². The highest BCUT2D eigenvalue weighted by Gasteiger charge is 2.38. The number of benzene rings is 2. The lowest BCUT2D eigenvalue weighted by molar-refractivity contribution is 0.0550. The molecule has 0 fully saturated rings. The molecule has 1 aliphatic heterocycles. The molecule has 0 radical (unpaired) electrons. The van der Waals surface area contributed by atoms with E-state index in [-0.39, 0.29) is 24.2 Å². The van der Waals surface area contributed by atoms with Crippen molar-refractivity contribution in [1.29, 1.82) is 0 Å².